The third kappa shape index (κ3) is 7.72. The van der Waals surface area contributed by atoms with Crippen LogP contribution in [0.1, 0.15) is 11.1 Å². The van der Waals surface area contributed by atoms with Crippen LogP contribution in [0.25, 0.3) is 0 Å². The molecular weight excluding hydrogens is 260 g/mol. The maximum absolute atomic E-state index is 8.29. The van der Waals surface area contributed by atoms with Gasteiger partial charge in [0.2, 0.25) is 0 Å². The molecule has 4 N–H and O–H groups in total. The van der Waals surface area contributed by atoms with Crippen LogP contribution in [-0.2, 0) is 11.6 Å². The maximum atomic E-state index is 8.29. The first-order valence-corrected chi connectivity index (χ1v) is 6.23. The molecule has 2 aromatic rings. The monoisotopic (exact) mass is 278 g/mol. The largest absolute Gasteiger partial charge is 0.399 e. The highest BCUT2D eigenvalue weighted by molar-refractivity contribution is 7.51. The van der Waals surface area contributed by atoms with Crippen molar-refractivity contribution in [3.8, 4) is 0 Å². The third-order valence-electron chi connectivity index (χ3n) is 2.38. The molecule has 19 heavy (non-hydrogen) atoms. The van der Waals surface area contributed by atoms with E-state index < -0.39 is 11.6 Å². The van der Waals surface area contributed by atoms with E-state index in [1.165, 1.54) is 0 Å². The van der Waals surface area contributed by atoms with Gasteiger partial charge in [-0.2, -0.15) is 8.42 Å². The van der Waals surface area contributed by atoms with Crippen molar-refractivity contribution < 1.29 is 8.42 Å². The molecule has 0 spiro atoms. The van der Waals surface area contributed by atoms with E-state index in [2.05, 4.69) is 0 Å². The second-order valence-electron chi connectivity index (χ2n) is 3.78. The van der Waals surface area contributed by atoms with E-state index in [0.29, 0.717) is 0 Å². The second-order valence-corrected chi connectivity index (χ2v) is 3.92. The minimum absolute atomic E-state index is 0.750. The molecule has 0 atom stereocenters. The van der Waals surface area contributed by atoms with Gasteiger partial charge in [-0.05, 0) is 37.1 Å². The van der Waals surface area contributed by atoms with Gasteiger partial charge in [-0.3, -0.25) is 0 Å². The van der Waals surface area contributed by atoms with Crippen LogP contribution in [-0.4, -0.2) is 8.42 Å². The Bertz CT molecular complexity index is 453. The Kier molecular flexibility index (Phi) is 8.74. The minimum Gasteiger partial charge on any atom is -0.399 e. The average molecular weight is 278 g/mol. The lowest BCUT2D eigenvalue weighted by Gasteiger charge is -1.93. The van der Waals surface area contributed by atoms with Gasteiger partial charge in [0.05, 0.1) is 0 Å². The predicted molar refractivity (Wildman–Crippen MR) is 80.1 cm³/mol. The van der Waals surface area contributed by atoms with Crippen molar-refractivity contribution in [2.24, 2.45) is 0 Å². The van der Waals surface area contributed by atoms with Crippen molar-refractivity contribution >= 4 is 22.9 Å². The number of nitrogens with two attached hydrogens (primary N) is 2. The lowest BCUT2D eigenvalue weighted by Crippen LogP contribution is -1.85. The molecule has 0 fully saturated rings. The van der Waals surface area contributed by atoms with Crippen LogP contribution in [0.2, 0.25) is 0 Å². The highest BCUT2D eigenvalue weighted by Gasteiger charge is 1.85. The van der Waals surface area contributed by atoms with Gasteiger partial charge in [0.25, 0.3) is 0 Å². The zero-order valence-corrected chi connectivity index (χ0v) is 11.8. The summed E-state index contributed by atoms with van der Waals surface area (Å²) < 4.78 is 16.6. The Balaban J connectivity index is 0.000000284. The molecule has 0 amide bonds. The second kappa shape index (κ2) is 9.85. The van der Waals surface area contributed by atoms with E-state index in [0.717, 1.165) is 22.5 Å². The fourth-order valence-electron chi connectivity index (χ4n) is 1.17. The molecular formula is C14H18N2O2S. The highest BCUT2D eigenvalue weighted by atomic mass is 32.1. The molecule has 2 rings (SSSR count). The SMILES string of the molecule is Cc1ccccc1N.Cc1ccccc1N.O=S=O. The number of hydrogen-bond acceptors (Lipinski definition) is 4. The first-order valence-electron chi connectivity index (χ1n) is 5.57. The third-order valence-corrected chi connectivity index (χ3v) is 2.38. The van der Waals surface area contributed by atoms with Crippen LogP contribution in [0.5, 0.6) is 0 Å². The van der Waals surface area contributed by atoms with E-state index in [4.69, 9.17) is 19.9 Å². The zero-order valence-electron chi connectivity index (χ0n) is 11.0. The van der Waals surface area contributed by atoms with Crippen molar-refractivity contribution in [1.29, 1.82) is 0 Å². The van der Waals surface area contributed by atoms with Crippen molar-refractivity contribution in [2.45, 2.75) is 13.8 Å². The van der Waals surface area contributed by atoms with E-state index >= 15 is 0 Å². The molecule has 2 aromatic carbocycles. The van der Waals surface area contributed by atoms with Gasteiger partial charge < -0.3 is 11.5 Å². The number of rotatable bonds is 0. The van der Waals surface area contributed by atoms with Gasteiger partial charge in [-0.1, -0.05) is 36.4 Å². The summed E-state index contributed by atoms with van der Waals surface area (Å²) in [5, 5.41) is 0. The molecule has 0 aliphatic heterocycles. The van der Waals surface area contributed by atoms with Gasteiger partial charge in [0, 0.05) is 11.4 Å². The number of aryl methyl sites for hydroxylation is 2. The van der Waals surface area contributed by atoms with Gasteiger partial charge in [-0.25, -0.2) is 0 Å². The lowest BCUT2D eigenvalue weighted by atomic mass is 10.2. The number of benzene rings is 2. The van der Waals surface area contributed by atoms with Crippen LogP contribution >= 0.6 is 0 Å². The summed E-state index contributed by atoms with van der Waals surface area (Å²) >= 11 is -0.750. The topological polar surface area (TPSA) is 86.2 Å². The van der Waals surface area contributed by atoms with Crippen LogP contribution in [0.4, 0.5) is 11.4 Å². The van der Waals surface area contributed by atoms with Crippen LogP contribution in [0, 0.1) is 13.8 Å². The summed E-state index contributed by atoms with van der Waals surface area (Å²) in [6.45, 7) is 3.99. The summed E-state index contributed by atoms with van der Waals surface area (Å²) in [6, 6.07) is 15.6. The fraction of sp³-hybridized carbons (Fsp3) is 0.143. The Morgan fingerprint density at radius 1 is 0.737 bits per heavy atom. The smallest absolute Gasteiger partial charge is 0.335 e. The standard InChI is InChI=1S/2C7H9N.O2S/c2*1-6-4-2-3-5-7(6)8;1-3-2/h2*2-5H,8H2,1H3;. The van der Waals surface area contributed by atoms with Gasteiger partial charge in [0.1, 0.15) is 0 Å². The van der Waals surface area contributed by atoms with Crippen molar-refractivity contribution in [2.75, 3.05) is 11.5 Å². The molecule has 0 saturated heterocycles. The molecule has 0 aliphatic rings. The van der Waals surface area contributed by atoms with Crippen molar-refractivity contribution in [1.82, 2.24) is 0 Å². The maximum Gasteiger partial charge on any atom is 0.335 e. The molecule has 0 radical (unpaired) electrons. The number of hydrogen-bond donors (Lipinski definition) is 2. The molecule has 0 aromatic heterocycles. The number of para-hydroxylation sites is 2. The van der Waals surface area contributed by atoms with E-state index in [9.17, 15) is 0 Å². The Hall–Kier alpha value is -2.14. The molecule has 5 heteroatoms. The lowest BCUT2D eigenvalue weighted by molar-refractivity contribution is 0.630. The Morgan fingerprint density at radius 3 is 1.16 bits per heavy atom. The Morgan fingerprint density at radius 2 is 1.00 bits per heavy atom. The molecule has 0 heterocycles. The van der Waals surface area contributed by atoms with Crippen LogP contribution in [0.3, 0.4) is 0 Å². The van der Waals surface area contributed by atoms with Gasteiger partial charge >= 0.3 is 11.6 Å². The van der Waals surface area contributed by atoms with Gasteiger partial charge in [-0.15, -0.1) is 0 Å². The number of nitrogen functional groups attached to an aromatic ring is 2. The quantitative estimate of drug-likeness (QED) is 0.725. The summed E-state index contributed by atoms with van der Waals surface area (Å²) in [6.07, 6.45) is 0. The van der Waals surface area contributed by atoms with Crippen molar-refractivity contribution in [3.05, 3.63) is 59.7 Å². The average Bonchev–Trinajstić information content (AvgIpc) is 2.38. The molecule has 0 aliphatic carbocycles. The van der Waals surface area contributed by atoms with E-state index in [-0.39, 0.29) is 0 Å². The molecule has 4 nitrogen and oxygen atoms in total. The first kappa shape index (κ1) is 16.9. The van der Waals surface area contributed by atoms with Crippen molar-refractivity contribution in [3.63, 3.8) is 0 Å². The molecule has 0 bridgehead atoms. The zero-order chi connectivity index (χ0) is 14.7. The van der Waals surface area contributed by atoms with Gasteiger partial charge in [0.15, 0.2) is 0 Å². The molecule has 102 valence electrons. The van der Waals surface area contributed by atoms with Crippen LogP contribution in [0.15, 0.2) is 48.5 Å². The van der Waals surface area contributed by atoms with E-state index in [1.54, 1.807) is 0 Å². The normalized spacial score (nSPS) is 8.32. The summed E-state index contributed by atoms with van der Waals surface area (Å²) in [5.74, 6) is 0. The molecule has 0 unspecified atom stereocenters. The van der Waals surface area contributed by atoms with E-state index in [1.807, 2.05) is 62.4 Å². The summed E-state index contributed by atoms with van der Waals surface area (Å²) in [5.41, 5.74) is 15.1. The highest BCUT2D eigenvalue weighted by Crippen LogP contribution is 2.07. The summed E-state index contributed by atoms with van der Waals surface area (Å²) in [4.78, 5) is 0. The Labute approximate surface area is 117 Å². The first-order chi connectivity index (χ1) is 9.02. The van der Waals surface area contributed by atoms with Crippen LogP contribution < -0.4 is 11.5 Å². The number of anilines is 2. The fourth-order valence-corrected chi connectivity index (χ4v) is 1.17. The summed E-state index contributed by atoms with van der Waals surface area (Å²) in [7, 11) is 0. The molecule has 0 saturated carbocycles. The predicted octanol–water partition coefficient (Wildman–Crippen LogP) is 2.48. The minimum atomic E-state index is -0.750.